The predicted molar refractivity (Wildman–Crippen MR) is 99.4 cm³/mol. The van der Waals surface area contributed by atoms with Crippen LogP contribution in [-0.2, 0) is 10.0 Å². The molecule has 1 N–H and O–H groups in total. The maximum atomic E-state index is 13.8. The van der Waals surface area contributed by atoms with Crippen molar-refractivity contribution in [1.82, 2.24) is 9.97 Å². The van der Waals surface area contributed by atoms with Gasteiger partial charge in [0.15, 0.2) is 10.8 Å². The van der Waals surface area contributed by atoms with Gasteiger partial charge in [0.25, 0.3) is 10.0 Å². The van der Waals surface area contributed by atoms with Gasteiger partial charge in [-0.15, -0.1) is 0 Å². The van der Waals surface area contributed by atoms with Crippen molar-refractivity contribution in [2.45, 2.75) is 4.90 Å². The first kappa shape index (κ1) is 19.0. The smallest absolute Gasteiger partial charge is 0.264 e. The Morgan fingerprint density at radius 1 is 1.11 bits per heavy atom. The van der Waals surface area contributed by atoms with E-state index in [4.69, 9.17) is 28.5 Å². The van der Waals surface area contributed by atoms with Gasteiger partial charge in [-0.1, -0.05) is 35.3 Å². The van der Waals surface area contributed by atoms with Crippen molar-refractivity contribution in [3.8, 4) is 17.3 Å². The Kier molecular flexibility index (Phi) is 5.28. The normalized spacial score (nSPS) is 11.0. The van der Waals surface area contributed by atoms with Crippen LogP contribution >= 0.6 is 23.2 Å². The SMILES string of the molecule is N#Cc1ncc(-c2ccc(NS(=O)(=O)c3cc(Cl)ccc3F)cc2)nc1Cl. The van der Waals surface area contributed by atoms with Gasteiger partial charge in [-0.25, -0.2) is 22.8 Å². The molecule has 0 aliphatic carbocycles. The van der Waals surface area contributed by atoms with Gasteiger partial charge in [0, 0.05) is 16.3 Å². The number of hydrogen-bond donors (Lipinski definition) is 1. The van der Waals surface area contributed by atoms with Crippen LogP contribution in [0.4, 0.5) is 10.1 Å². The van der Waals surface area contributed by atoms with E-state index in [1.54, 1.807) is 12.1 Å². The summed E-state index contributed by atoms with van der Waals surface area (Å²) in [7, 11) is -4.15. The summed E-state index contributed by atoms with van der Waals surface area (Å²) in [5.41, 5.74) is 1.24. The molecule has 3 aromatic rings. The number of nitrogens with one attached hydrogen (secondary N) is 1. The summed E-state index contributed by atoms with van der Waals surface area (Å²) in [4.78, 5) is 7.40. The largest absolute Gasteiger partial charge is 0.280 e. The molecular weight excluding hydrogens is 414 g/mol. The summed E-state index contributed by atoms with van der Waals surface area (Å²) in [6.07, 6.45) is 1.38. The van der Waals surface area contributed by atoms with Crippen molar-refractivity contribution in [2.24, 2.45) is 0 Å². The summed E-state index contributed by atoms with van der Waals surface area (Å²) < 4.78 is 40.8. The van der Waals surface area contributed by atoms with E-state index in [2.05, 4.69) is 14.7 Å². The average Bonchev–Trinajstić information content (AvgIpc) is 2.64. The molecule has 0 fully saturated rings. The molecule has 0 aliphatic heterocycles. The predicted octanol–water partition coefficient (Wildman–Crippen LogP) is 4.26. The van der Waals surface area contributed by atoms with Crippen LogP contribution in [0.2, 0.25) is 10.2 Å². The molecule has 0 spiro atoms. The second-order valence-electron chi connectivity index (χ2n) is 5.26. The van der Waals surface area contributed by atoms with E-state index in [1.165, 1.54) is 24.4 Å². The lowest BCUT2D eigenvalue weighted by atomic mass is 10.1. The third-order valence-corrected chi connectivity index (χ3v) is 5.35. The number of hydrogen-bond acceptors (Lipinski definition) is 5. The zero-order valence-corrected chi connectivity index (χ0v) is 15.6. The minimum absolute atomic E-state index is 0.00773. The summed E-state index contributed by atoms with van der Waals surface area (Å²) in [5.74, 6) is -0.911. The van der Waals surface area contributed by atoms with Crippen LogP contribution in [-0.4, -0.2) is 18.4 Å². The molecule has 0 unspecified atom stereocenters. The second-order valence-corrected chi connectivity index (χ2v) is 7.71. The highest BCUT2D eigenvalue weighted by Gasteiger charge is 2.19. The van der Waals surface area contributed by atoms with Gasteiger partial charge in [0.05, 0.1) is 11.9 Å². The first-order valence-electron chi connectivity index (χ1n) is 7.31. The number of rotatable bonds is 4. The third-order valence-electron chi connectivity index (χ3n) is 3.45. The molecule has 2 aromatic carbocycles. The number of aromatic nitrogens is 2. The molecule has 6 nitrogen and oxygen atoms in total. The van der Waals surface area contributed by atoms with Crippen LogP contribution in [0.1, 0.15) is 5.69 Å². The van der Waals surface area contributed by atoms with Crippen LogP contribution in [0.15, 0.2) is 53.6 Å². The summed E-state index contributed by atoms with van der Waals surface area (Å²) >= 11 is 11.6. The van der Waals surface area contributed by atoms with E-state index >= 15 is 0 Å². The highest BCUT2D eigenvalue weighted by Crippen LogP contribution is 2.25. The minimum Gasteiger partial charge on any atom is -0.280 e. The molecule has 136 valence electrons. The number of anilines is 1. The van der Waals surface area contributed by atoms with Crippen LogP contribution in [0, 0.1) is 17.1 Å². The average molecular weight is 423 g/mol. The summed E-state index contributed by atoms with van der Waals surface area (Å²) in [6, 6.07) is 11.2. The molecule has 0 aliphatic rings. The zero-order chi connectivity index (χ0) is 19.6. The van der Waals surface area contributed by atoms with Crippen LogP contribution < -0.4 is 4.72 Å². The highest BCUT2D eigenvalue weighted by atomic mass is 35.5. The second kappa shape index (κ2) is 7.48. The topological polar surface area (TPSA) is 95.7 Å². The Balaban J connectivity index is 1.87. The minimum atomic E-state index is -4.15. The molecule has 0 saturated carbocycles. The van der Waals surface area contributed by atoms with Gasteiger partial charge < -0.3 is 0 Å². The van der Waals surface area contributed by atoms with Crippen molar-refractivity contribution < 1.29 is 12.8 Å². The van der Waals surface area contributed by atoms with E-state index in [0.717, 1.165) is 12.1 Å². The first-order valence-corrected chi connectivity index (χ1v) is 9.55. The standard InChI is InChI=1S/C17H9Cl2FN4O2S/c18-11-3-6-13(20)16(7-11)27(25,26)24-12-4-1-10(2-5-12)15-9-22-14(8-21)17(19)23-15/h1-7,9,24H. The lowest BCUT2D eigenvalue weighted by Crippen LogP contribution is -2.14. The Hall–Kier alpha value is -2.73. The van der Waals surface area contributed by atoms with Crippen LogP contribution in [0.5, 0.6) is 0 Å². The molecule has 1 heterocycles. The summed E-state index contributed by atoms with van der Waals surface area (Å²) in [6.45, 7) is 0. The quantitative estimate of drug-likeness (QED) is 0.677. The molecule has 0 atom stereocenters. The molecule has 0 amide bonds. The molecular formula is C17H9Cl2FN4O2S. The van der Waals surface area contributed by atoms with Crippen molar-refractivity contribution >= 4 is 38.9 Å². The lowest BCUT2D eigenvalue weighted by molar-refractivity contribution is 0.570. The van der Waals surface area contributed by atoms with Crippen molar-refractivity contribution in [3.05, 3.63) is 70.3 Å². The molecule has 3 rings (SSSR count). The van der Waals surface area contributed by atoms with Gasteiger partial charge in [0.2, 0.25) is 0 Å². The lowest BCUT2D eigenvalue weighted by Gasteiger charge is -2.10. The van der Waals surface area contributed by atoms with Gasteiger partial charge in [-0.05, 0) is 30.3 Å². The fourth-order valence-electron chi connectivity index (χ4n) is 2.18. The Morgan fingerprint density at radius 3 is 2.44 bits per heavy atom. The monoisotopic (exact) mass is 422 g/mol. The van der Waals surface area contributed by atoms with E-state index in [0.29, 0.717) is 11.3 Å². The number of nitriles is 1. The van der Waals surface area contributed by atoms with Crippen LogP contribution in [0.3, 0.4) is 0 Å². The van der Waals surface area contributed by atoms with Crippen molar-refractivity contribution in [1.29, 1.82) is 5.26 Å². The Labute approximate surface area is 164 Å². The Bertz CT molecular complexity index is 1160. The van der Waals surface area contributed by atoms with Gasteiger partial charge in [-0.2, -0.15) is 5.26 Å². The fourth-order valence-corrected chi connectivity index (χ4v) is 3.77. The molecule has 10 heteroatoms. The first-order chi connectivity index (χ1) is 12.8. The van der Waals surface area contributed by atoms with E-state index in [1.807, 2.05) is 6.07 Å². The van der Waals surface area contributed by atoms with Crippen LogP contribution in [0.25, 0.3) is 11.3 Å². The van der Waals surface area contributed by atoms with E-state index in [-0.39, 0.29) is 21.6 Å². The van der Waals surface area contributed by atoms with Crippen molar-refractivity contribution in [2.75, 3.05) is 4.72 Å². The molecule has 27 heavy (non-hydrogen) atoms. The Morgan fingerprint density at radius 2 is 1.81 bits per heavy atom. The van der Waals surface area contributed by atoms with Gasteiger partial charge >= 0.3 is 0 Å². The number of nitrogens with zero attached hydrogens (tertiary/aromatic N) is 3. The number of benzene rings is 2. The fraction of sp³-hybridized carbons (Fsp3) is 0. The maximum absolute atomic E-state index is 13.8. The maximum Gasteiger partial charge on any atom is 0.264 e. The summed E-state index contributed by atoms with van der Waals surface area (Å²) in [5, 5.41) is 8.89. The molecule has 1 aromatic heterocycles. The highest BCUT2D eigenvalue weighted by molar-refractivity contribution is 7.92. The third kappa shape index (κ3) is 4.17. The van der Waals surface area contributed by atoms with Crippen molar-refractivity contribution in [3.63, 3.8) is 0 Å². The molecule has 0 bridgehead atoms. The van der Waals surface area contributed by atoms with E-state index < -0.39 is 20.7 Å². The van der Waals surface area contributed by atoms with Gasteiger partial charge in [0.1, 0.15) is 16.8 Å². The van der Waals surface area contributed by atoms with Gasteiger partial charge in [-0.3, -0.25) is 4.72 Å². The number of sulfonamides is 1. The zero-order valence-electron chi connectivity index (χ0n) is 13.3. The van der Waals surface area contributed by atoms with E-state index in [9.17, 15) is 12.8 Å². The molecule has 0 saturated heterocycles. The molecule has 0 radical (unpaired) electrons. The number of halogens is 3.